The molecule has 3 unspecified atom stereocenters. The summed E-state index contributed by atoms with van der Waals surface area (Å²) in [5, 5.41) is 3.85. The zero-order valence-corrected chi connectivity index (χ0v) is 14.5. The van der Waals surface area contributed by atoms with Crippen molar-refractivity contribution in [2.45, 2.75) is 51.1 Å². The summed E-state index contributed by atoms with van der Waals surface area (Å²) in [6.07, 6.45) is 6.65. The Bertz CT molecular complexity index is 444. The molecule has 0 amide bonds. The van der Waals surface area contributed by atoms with Crippen LogP contribution in [0.1, 0.15) is 50.6 Å². The van der Waals surface area contributed by atoms with E-state index in [1.807, 2.05) is 0 Å². The zero-order chi connectivity index (χ0) is 15.9. The van der Waals surface area contributed by atoms with Crippen molar-refractivity contribution in [2.24, 2.45) is 5.92 Å². The van der Waals surface area contributed by atoms with E-state index in [0.717, 1.165) is 38.8 Å². The molecular weight excluding hydrogens is 284 g/mol. The Morgan fingerprint density at radius 1 is 1.13 bits per heavy atom. The third kappa shape index (κ3) is 4.34. The maximum Gasteiger partial charge on any atom is 0.0594 e. The molecule has 2 aliphatic rings. The van der Waals surface area contributed by atoms with Crippen LogP contribution in [0, 0.1) is 5.92 Å². The molecule has 128 valence electrons. The Kier molecular flexibility index (Phi) is 6.49. The van der Waals surface area contributed by atoms with Crippen molar-refractivity contribution in [1.29, 1.82) is 0 Å². The molecule has 3 rings (SSSR count). The lowest BCUT2D eigenvalue weighted by Crippen LogP contribution is -2.49. The Morgan fingerprint density at radius 3 is 2.61 bits per heavy atom. The van der Waals surface area contributed by atoms with Gasteiger partial charge in [-0.25, -0.2) is 0 Å². The molecule has 3 atom stereocenters. The van der Waals surface area contributed by atoms with Crippen LogP contribution < -0.4 is 5.32 Å². The largest absolute Gasteiger partial charge is 0.379 e. The van der Waals surface area contributed by atoms with Crippen molar-refractivity contribution >= 4 is 0 Å². The molecule has 0 spiro atoms. The van der Waals surface area contributed by atoms with Crippen molar-refractivity contribution in [3.63, 3.8) is 0 Å². The number of hydrogen-bond acceptors (Lipinski definition) is 3. The lowest BCUT2D eigenvalue weighted by Gasteiger charge is -2.44. The van der Waals surface area contributed by atoms with Gasteiger partial charge in [-0.2, -0.15) is 0 Å². The Labute approximate surface area is 141 Å². The van der Waals surface area contributed by atoms with E-state index < -0.39 is 0 Å². The van der Waals surface area contributed by atoms with Crippen LogP contribution in [0.25, 0.3) is 0 Å². The first-order chi connectivity index (χ1) is 11.4. The molecule has 1 N–H and O–H groups in total. The minimum atomic E-state index is 0.537. The first-order valence-corrected chi connectivity index (χ1v) is 9.50. The second-order valence-electron chi connectivity index (χ2n) is 7.01. The molecule has 23 heavy (non-hydrogen) atoms. The predicted octanol–water partition coefficient (Wildman–Crippen LogP) is 3.62. The second-order valence-corrected chi connectivity index (χ2v) is 7.01. The molecule has 1 saturated heterocycles. The van der Waals surface area contributed by atoms with Crippen LogP contribution >= 0.6 is 0 Å². The van der Waals surface area contributed by atoms with Crippen LogP contribution in [0.2, 0.25) is 0 Å². The summed E-state index contributed by atoms with van der Waals surface area (Å²) < 4.78 is 5.61. The molecular formula is C20H32N2O. The van der Waals surface area contributed by atoms with E-state index in [9.17, 15) is 0 Å². The average Bonchev–Trinajstić information content (AvgIpc) is 2.63. The van der Waals surface area contributed by atoms with Gasteiger partial charge in [0.15, 0.2) is 0 Å². The van der Waals surface area contributed by atoms with E-state index in [1.54, 1.807) is 0 Å². The Morgan fingerprint density at radius 2 is 1.87 bits per heavy atom. The SMILES string of the molecule is CCCNC1CCCCC1C(c1ccccc1)N1CCOCC1. The summed E-state index contributed by atoms with van der Waals surface area (Å²) in [5.74, 6) is 0.718. The highest BCUT2D eigenvalue weighted by atomic mass is 16.5. The van der Waals surface area contributed by atoms with Gasteiger partial charge in [0.1, 0.15) is 0 Å². The van der Waals surface area contributed by atoms with Crippen LogP contribution in [0.15, 0.2) is 30.3 Å². The van der Waals surface area contributed by atoms with Crippen LogP contribution in [0.4, 0.5) is 0 Å². The molecule has 1 heterocycles. The number of hydrogen-bond donors (Lipinski definition) is 1. The third-order valence-corrected chi connectivity index (χ3v) is 5.46. The Hall–Kier alpha value is -0.900. The zero-order valence-electron chi connectivity index (χ0n) is 14.5. The first kappa shape index (κ1) is 16.9. The minimum Gasteiger partial charge on any atom is -0.379 e. The van der Waals surface area contributed by atoms with Gasteiger partial charge < -0.3 is 10.1 Å². The lowest BCUT2D eigenvalue weighted by atomic mass is 9.76. The van der Waals surface area contributed by atoms with Crippen molar-refractivity contribution in [3.05, 3.63) is 35.9 Å². The normalized spacial score (nSPS) is 27.7. The predicted molar refractivity (Wildman–Crippen MR) is 95.6 cm³/mol. The smallest absolute Gasteiger partial charge is 0.0594 e. The van der Waals surface area contributed by atoms with Gasteiger partial charge in [0, 0.05) is 25.2 Å². The van der Waals surface area contributed by atoms with Crippen molar-refractivity contribution < 1.29 is 4.74 Å². The van der Waals surface area contributed by atoms with E-state index in [1.165, 1.54) is 37.7 Å². The van der Waals surface area contributed by atoms with Gasteiger partial charge in [0.25, 0.3) is 0 Å². The van der Waals surface area contributed by atoms with E-state index in [-0.39, 0.29) is 0 Å². The highest BCUT2D eigenvalue weighted by Gasteiger charge is 2.36. The molecule has 1 aromatic rings. The van der Waals surface area contributed by atoms with Crippen molar-refractivity contribution in [3.8, 4) is 0 Å². The molecule has 1 aromatic carbocycles. The summed E-state index contributed by atoms with van der Waals surface area (Å²) in [4.78, 5) is 2.68. The molecule has 0 aromatic heterocycles. The molecule has 1 saturated carbocycles. The fraction of sp³-hybridized carbons (Fsp3) is 0.700. The van der Waals surface area contributed by atoms with E-state index in [2.05, 4.69) is 47.5 Å². The fourth-order valence-electron chi connectivity index (χ4n) is 4.36. The van der Waals surface area contributed by atoms with Crippen LogP contribution in [0.3, 0.4) is 0 Å². The number of nitrogens with one attached hydrogen (secondary N) is 1. The van der Waals surface area contributed by atoms with Gasteiger partial charge in [0.05, 0.1) is 13.2 Å². The van der Waals surface area contributed by atoms with Gasteiger partial charge in [-0.15, -0.1) is 0 Å². The first-order valence-electron chi connectivity index (χ1n) is 9.50. The fourth-order valence-corrected chi connectivity index (χ4v) is 4.36. The number of ether oxygens (including phenoxy) is 1. The van der Waals surface area contributed by atoms with Crippen molar-refractivity contribution in [1.82, 2.24) is 10.2 Å². The molecule has 1 aliphatic heterocycles. The number of morpholine rings is 1. The van der Waals surface area contributed by atoms with E-state index in [0.29, 0.717) is 12.1 Å². The summed E-state index contributed by atoms with van der Waals surface area (Å²) in [5.41, 5.74) is 1.49. The molecule has 0 radical (unpaired) electrons. The number of rotatable bonds is 6. The summed E-state index contributed by atoms with van der Waals surface area (Å²) in [6, 6.07) is 12.4. The van der Waals surface area contributed by atoms with Gasteiger partial charge in [0.2, 0.25) is 0 Å². The monoisotopic (exact) mass is 316 g/mol. The second kappa shape index (κ2) is 8.81. The van der Waals surface area contributed by atoms with Gasteiger partial charge >= 0.3 is 0 Å². The van der Waals surface area contributed by atoms with Gasteiger partial charge in [-0.3, -0.25) is 4.90 Å². The maximum absolute atomic E-state index is 5.61. The highest BCUT2D eigenvalue weighted by molar-refractivity contribution is 5.21. The van der Waals surface area contributed by atoms with Crippen LogP contribution in [0.5, 0.6) is 0 Å². The average molecular weight is 316 g/mol. The van der Waals surface area contributed by atoms with Crippen LogP contribution in [-0.2, 0) is 4.74 Å². The molecule has 0 bridgehead atoms. The van der Waals surface area contributed by atoms with E-state index in [4.69, 9.17) is 4.74 Å². The highest BCUT2D eigenvalue weighted by Crippen LogP contribution is 2.39. The molecule has 3 nitrogen and oxygen atoms in total. The lowest BCUT2D eigenvalue weighted by molar-refractivity contribution is -0.00865. The standard InChI is InChI=1S/C20H32N2O/c1-2-12-21-19-11-7-6-10-18(19)20(17-8-4-3-5-9-17)22-13-15-23-16-14-22/h3-5,8-9,18-21H,2,6-7,10-16H2,1H3. The quantitative estimate of drug-likeness (QED) is 0.867. The summed E-state index contributed by atoms with van der Waals surface area (Å²) in [6.45, 7) is 7.30. The van der Waals surface area contributed by atoms with Gasteiger partial charge in [-0.05, 0) is 37.3 Å². The topological polar surface area (TPSA) is 24.5 Å². The minimum absolute atomic E-state index is 0.537. The number of nitrogens with zero attached hydrogens (tertiary/aromatic N) is 1. The Balaban J connectivity index is 1.83. The van der Waals surface area contributed by atoms with Gasteiger partial charge in [-0.1, -0.05) is 50.1 Å². The number of benzene rings is 1. The maximum atomic E-state index is 5.61. The van der Waals surface area contributed by atoms with Crippen molar-refractivity contribution in [2.75, 3.05) is 32.8 Å². The van der Waals surface area contributed by atoms with E-state index >= 15 is 0 Å². The van der Waals surface area contributed by atoms with Crippen LogP contribution in [-0.4, -0.2) is 43.8 Å². The molecule has 3 heteroatoms. The summed E-state index contributed by atoms with van der Waals surface area (Å²) >= 11 is 0. The molecule has 2 fully saturated rings. The third-order valence-electron chi connectivity index (χ3n) is 5.46. The molecule has 1 aliphatic carbocycles. The summed E-state index contributed by atoms with van der Waals surface area (Å²) in [7, 11) is 0.